The molecule has 0 aromatic heterocycles. The van der Waals surface area contributed by atoms with Crippen LogP contribution in [0.1, 0.15) is 83.3 Å². The lowest BCUT2D eigenvalue weighted by Crippen LogP contribution is -2.62. The molecular weight excluding hydrogens is 510 g/mol. The summed E-state index contributed by atoms with van der Waals surface area (Å²) in [5.74, 6) is -1.98. The minimum absolute atomic E-state index is 0.0190. The number of hydrogen-bond acceptors (Lipinski definition) is 7. The number of carboxylic acid groups (broad SMARTS) is 1. The summed E-state index contributed by atoms with van der Waals surface area (Å²) in [6.45, 7) is 8.11. The first-order valence-corrected chi connectivity index (χ1v) is 13.2. The average Bonchev–Trinajstić information content (AvgIpc) is 2.92. The molecule has 0 spiro atoms. The Morgan fingerprint density at radius 3 is 1.82 bits per heavy atom. The van der Waals surface area contributed by atoms with Crippen molar-refractivity contribution in [2.45, 2.75) is 63.8 Å². The quantitative estimate of drug-likeness (QED) is 0.322. The summed E-state index contributed by atoms with van der Waals surface area (Å²) in [6, 6.07) is 24.1. The number of carboxylic acids is 1. The van der Waals surface area contributed by atoms with Crippen LogP contribution in [0.4, 0.5) is 0 Å². The van der Waals surface area contributed by atoms with E-state index < -0.39 is 35.1 Å². The molecule has 4 rings (SSSR count). The van der Waals surface area contributed by atoms with Gasteiger partial charge in [0.15, 0.2) is 0 Å². The standard InChI is InChI=1S/C32H35NO7/c1-31(2)19-26(39-30(37)25-17-15-23(16-18-25)28(34)35)20-32(3,4)33(31)40-27(22-11-7-5-8-12-22)21-38-29(36)24-13-9-6-10-14-24/h5-18,26-27H,19-21H2,1-4H3,(H,34,35). The Hall–Kier alpha value is -4.01. The predicted molar refractivity (Wildman–Crippen MR) is 149 cm³/mol. The van der Waals surface area contributed by atoms with Gasteiger partial charge in [-0.2, -0.15) is 5.06 Å². The van der Waals surface area contributed by atoms with Gasteiger partial charge in [-0.3, -0.25) is 4.84 Å². The molecule has 3 aromatic rings. The number of rotatable bonds is 9. The van der Waals surface area contributed by atoms with Crippen LogP contribution in [0.2, 0.25) is 0 Å². The first kappa shape index (κ1) is 29.0. The fourth-order valence-corrected chi connectivity index (χ4v) is 5.30. The molecule has 1 aliphatic rings. The third kappa shape index (κ3) is 6.94. The maximum absolute atomic E-state index is 12.9. The van der Waals surface area contributed by atoms with E-state index in [0.29, 0.717) is 24.0 Å². The number of carbonyl (C=O) groups excluding carboxylic acids is 2. The Morgan fingerprint density at radius 1 is 0.775 bits per heavy atom. The molecule has 0 amide bonds. The van der Waals surface area contributed by atoms with Crippen molar-refractivity contribution in [1.29, 1.82) is 0 Å². The molecule has 3 aromatic carbocycles. The molecule has 0 radical (unpaired) electrons. The number of nitrogens with zero attached hydrogens (tertiary/aromatic N) is 1. The highest BCUT2D eigenvalue weighted by Crippen LogP contribution is 2.42. The third-order valence-corrected chi connectivity index (χ3v) is 6.97. The maximum atomic E-state index is 12.9. The van der Waals surface area contributed by atoms with E-state index in [2.05, 4.69) is 0 Å². The predicted octanol–water partition coefficient (Wildman–Crippen LogP) is 6.09. The smallest absolute Gasteiger partial charge is 0.338 e. The topological polar surface area (TPSA) is 102 Å². The van der Waals surface area contributed by atoms with Crippen LogP contribution in [0.5, 0.6) is 0 Å². The van der Waals surface area contributed by atoms with Crippen LogP contribution >= 0.6 is 0 Å². The minimum Gasteiger partial charge on any atom is -0.478 e. The molecule has 0 saturated carbocycles. The summed E-state index contributed by atoms with van der Waals surface area (Å²) in [5.41, 5.74) is 0.644. The summed E-state index contributed by atoms with van der Waals surface area (Å²) < 4.78 is 11.5. The summed E-state index contributed by atoms with van der Waals surface area (Å²) in [5, 5.41) is 11.0. The van der Waals surface area contributed by atoms with Crippen LogP contribution in [-0.2, 0) is 14.3 Å². The Morgan fingerprint density at radius 2 is 1.27 bits per heavy atom. The first-order valence-electron chi connectivity index (χ1n) is 13.2. The highest BCUT2D eigenvalue weighted by Gasteiger charge is 2.49. The van der Waals surface area contributed by atoms with Crippen LogP contribution in [0.3, 0.4) is 0 Å². The molecule has 1 aliphatic heterocycles. The van der Waals surface area contributed by atoms with Crippen molar-refractivity contribution >= 4 is 17.9 Å². The second-order valence-electron chi connectivity index (χ2n) is 11.2. The second-order valence-corrected chi connectivity index (χ2v) is 11.2. The van der Waals surface area contributed by atoms with E-state index in [4.69, 9.17) is 19.4 Å². The lowest BCUT2D eigenvalue weighted by atomic mass is 9.80. The van der Waals surface area contributed by atoms with Crippen molar-refractivity contribution < 1.29 is 33.8 Å². The van der Waals surface area contributed by atoms with Gasteiger partial charge in [-0.1, -0.05) is 48.5 Å². The van der Waals surface area contributed by atoms with Gasteiger partial charge < -0.3 is 14.6 Å². The molecule has 210 valence electrons. The molecule has 1 heterocycles. The second kappa shape index (κ2) is 12.0. The van der Waals surface area contributed by atoms with Gasteiger partial charge in [0.05, 0.1) is 16.7 Å². The molecule has 40 heavy (non-hydrogen) atoms. The fourth-order valence-electron chi connectivity index (χ4n) is 5.30. The molecular formula is C32H35NO7. The third-order valence-electron chi connectivity index (χ3n) is 6.97. The Balaban J connectivity index is 1.47. The zero-order chi connectivity index (χ0) is 28.9. The van der Waals surface area contributed by atoms with E-state index in [-0.39, 0.29) is 18.3 Å². The van der Waals surface area contributed by atoms with Gasteiger partial charge in [-0.15, -0.1) is 0 Å². The van der Waals surface area contributed by atoms with Crippen molar-refractivity contribution in [3.8, 4) is 0 Å². The van der Waals surface area contributed by atoms with Gasteiger partial charge in [0.2, 0.25) is 0 Å². The minimum atomic E-state index is -1.06. The molecule has 1 fully saturated rings. The van der Waals surface area contributed by atoms with Crippen molar-refractivity contribution in [2.75, 3.05) is 6.61 Å². The SMILES string of the molecule is CC1(C)CC(OC(=O)c2ccc(C(=O)O)cc2)CC(C)(C)N1OC(COC(=O)c1ccccc1)c1ccccc1. The van der Waals surface area contributed by atoms with E-state index in [9.17, 15) is 14.4 Å². The molecule has 1 saturated heterocycles. The van der Waals surface area contributed by atoms with E-state index in [1.165, 1.54) is 24.3 Å². The molecule has 1 atom stereocenters. The van der Waals surface area contributed by atoms with Crippen LogP contribution in [0, 0.1) is 0 Å². The Kier molecular flexibility index (Phi) is 8.71. The van der Waals surface area contributed by atoms with E-state index in [1.807, 2.05) is 69.2 Å². The number of hydrogen-bond donors (Lipinski definition) is 1. The van der Waals surface area contributed by atoms with Crippen molar-refractivity contribution in [2.24, 2.45) is 0 Å². The van der Waals surface area contributed by atoms with Gasteiger partial charge in [0.25, 0.3) is 0 Å². The van der Waals surface area contributed by atoms with Gasteiger partial charge >= 0.3 is 17.9 Å². The van der Waals surface area contributed by atoms with Crippen LogP contribution in [0.15, 0.2) is 84.9 Å². The highest BCUT2D eigenvalue weighted by molar-refractivity contribution is 5.92. The average molecular weight is 546 g/mol. The van der Waals surface area contributed by atoms with Gasteiger partial charge in [-0.05, 0) is 69.7 Å². The summed E-state index contributed by atoms with van der Waals surface area (Å²) >= 11 is 0. The maximum Gasteiger partial charge on any atom is 0.338 e. The van der Waals surface area contributed by atoms with Crippen LogP contribution in [0.25, 0.3) is 0 Å². The number of benzene rings is 3. The van der Waals surface area contributed by atoms with Crippen LogP contribution < -0.4 is 0 Å². The number of carbonyl (C=O) groups is 3. The summed E-state index contributed by atoms with van der Waals surface area (Å²) in [4.78, 5) is 43.3. The zero-order valence-corrected chi connectivity index (χ0v) is 23.2. The molecule has 1 unspecified atom stereocenters. The van der Waals surface area contributed by atoms with E-state index >= 15 is 0 Å². The molecule has 8 nitrogen and oxygen atoms in total. The first-order chi connectivity index (χ1) is 19.0. The number of hydroxylamine groups is 2. The number of esters is 2. The summed E-state index contributed by atoms with van der Waals surface area (Å²) in [7, 11) is 0. The van der Waals surface area contributed by atoms with Gasteiger partial charge in [0, 0.05) is 23.9 Å². The fraction of sp³-hybridized carbons (Fsp3) is 0.344. The van der Waals surface area contributed by atoms with Gasteiger partial charge in [0.1, 0.15) is 18.8 Å². The van der Waals surface area contributed by atoms with Gasteiger partial charge in [-0.25, -0.2) is 14.4 Å². The van der Waals surface area contributed by atoms with E-state index in [1.54, 1.807) is 24.3 Å². The number of aromatic carboxylic acids is 1. The lowest BCUT2D eigenvalue weighted by molar-refractivity contribution is -0.319. The molecule has 8 heteroatoms. The Bertz CT molecular complexity index is 1300. The molecule has 1 N–H and O–H groups in total. The highest BCUT2D eigenvalue weighted by atomic mass is 16.7. The molecule has 0 bridgehead atoms. The van der Waals surface area contributed by atoms with Crippen molar-refractivity contribution in [1.82, 2.24) is 5.06 Å². The van der Waals surface area contributed by atoms with Crippen LogP contribution in [-0.4, -0.2) is 51.9 Å². The summed E-state index contributed by atoms with van der Waals surface area (Å²) in [6.07, 6.45) is 0.0586. The normalized spacial score (nSPS) is 17.5. The molecule has 0 aliphatic carbocycles. The zero-order valence-electron chi connectivity index (χ0n) is 23.2. The van der Waals surface area contributed by atoms with E-state index in [0.717, 1.165) is 5.56 Å². The number of piperidine rings is 1. The monoisotopic (exact) mass is 545 g/mol. The Labute approximate surface area is 234 Å². The van der Waals surface area contributed by atoms with Crippen molar-refractivity contribution in [3.63, 3.8) is 0 Å². The lowest BCUT2D eigenvalue weighted by Gasteiger charge is -2.54. The van der Waals surface area contributed by atoms with Crippen molar-refractivity contribution in [3.05, 3.63) is 107 Å². The number of ether oxygens (including phenoxy) is 2. The largest absolute Gasteiger partial charge is 0.478 e.